The summed E-state index contributed by atoms with van der Waals surface area (Å²) in [5.74, 6) is -2.62. The number of carbonyl (C=O) groups excluding carboxylic acids is 5. The number of aliphatic hydroxyl groups excluding tert-OH is 1. The van der Waals surface area contributed by atoms with Gasteiger partial charge in [0.1, 0.15) is 0 Å². The summed E-state index contributed by atoms with van der Waals surface area (Å²) in [4.78, 5) is 64.0. The Labute approximate surface area is 347 Å². The first kappa shape index (κ1) is 48.8. The third-order valence-electron chi connectivity index (χ3n) is 9.38. The SMILES string of the molecule is CN1CCN(C(=O)C2CCNC(=O)C2)CC1.CO.COCCn1ncc(-c2ccc(-c3cnc(C(=O)Nc4ccc(C=O)c(Cl)c4)n3C)c(F)c2F)c1C.O=CC(F)(F)F. The van der Waals surface area contributed by atoms with Crippen molar-refractivity contribution in [2.45, 2.75) is 32.5 Å². The molecule has 0 radical (unpaired) electrons. The van der Waals surface area contributed by atoms with Gasteiger partial charge in [-0.3, -0.25) is 28.7 Å². The van der Waals surface area contributed by atoms with Crippen molar-refractivity contribution < 1.29 is 55.8 Å². The molecule has 326 valence electrons. The van der Waals surface area contributed by atoms with E-state index in [4.69, 9.17) is 26.2 Å². The lowest BCUT2D eigenvalue weighted by Gasteiger charge is -2.35. The van der Waals surface area contributed by atoms with E-state index < -0.39 is 30.0 Å². The number of aliphatic hydroxyl groups is 1. The van der Waals surface area contributed by atoms with E-state index in [-0.39, 0.29) is 51.0 Å². The maximum absolute atomic E-state index is 15.2. The van der Waals surface area contributed by atoms with Gasteiger partial charge in [-0.2, -0.15) is 18.3 Å². The maximum atomic E-state index is 15.2. The number of imidazole rings is 1. The summed E-state index contributed by atoms with van der Waals surface area (Å²) in [6.45, 7) is 6.80. The van der Waals surface area contributed by atoms with Crippen LogP contribution in [0.25, 0.3) is 22.4 Å². The number of likely N-dealkylation sites (N-methyl/N-ethyl adjacent to an activating group) is 1. The molecule has 3 N–H and O–H groups in total. The molecule has 2 fully saturated rings. The molecular weight excluding hydrogens is 823 g/mol. The molecule has 1 unspecified atom stereocenters. The summed E-state index contributed by atoms with van der Waals surface area (Å²) in [6.07, 6.45) is -1.16. The van der Waals surface area contributed by atoms with Crippen molar-refractivity contribution in [3.63, 3.8) is 0 Å². The zero-order chi connectivity index (χ0) is 44.7. The van der Waals surface area contributed by atoms with Gasteiger partial charge in [0.25, 0.3) is 5.91 Å². The number of piperazine rings is 1. The number of amides is 3. The van der Waals surface area contributed by atoms with Crippen molar-refractivity contribution in [2.24, 2.45) is 13.0 Å². The number of hydrogen-bond donors (Lipinski definition) is 3. The van der Waals surface area contributed by atoms with Gasteiger partial charge in [0.05, 0.1) is 36.3 Å². The first-order chi connectivity index (χ1) is 28.5. The molecule has 2 aliphatic heterocycles. The predicted octanol–water partition coefficient (Wildman–Crippen LogP) is 4.54. The highest BCUT2D eigenvalue weighted by atomic mass is 35.5. The number of benzene rings is 2. The van der Waals surface area contributed by atoms with Crippen LogP contribution in [0.15, 0.2) is 42.7 Å². The topological polar surface area (TPSA) is 181 Å². The highest BCUT2D eigenvalue weighted by molar-refractivity contribution is 6.33. The zero-order valence-electron chi connectivity index (χ0n) is 33.5. The molecular formula is C39H46ClF5N8O7. The number of methoxy groups -OCH3 is 1. The van der Waals surface area contributed by atoms with Crippen LogP contribution in [0.5, 0.6) is 0 Å². The van der Waals surface area contributed by atoms with Crippen LogP contribution >= 0.6 is 11.6 Å². The molecule has 2 aromatic carbocycles. The van der Waals surface area contributed by atoms with Crippen LogP contribution in [-0.4, -0.2) is 131 Å². The number of nitrogens with zero attached hydrogens (tertiary/aromatic N) is 6. The average Bonchev–Trinajstić information content (AvgIpc) is 3.80. The Morgan fingerprint density at radius 3 is 2.23 bits per heavy atom. The van der Waals surface area contributed by atoms with Crippen LogP contribution in [0.4, 0.5) is 27.6 Å². The molecule has 6 rings (SSSR count). The first-order valence-corrected chi connectivity index (χ1v) is 18.7. The Morgan fingerprint density at radius 2 is 1.65 bits per heavy atom. The minimum atomic E-state index is -4.64. The molecule has 2 aromatic heterocycles. The molecule has 0 aliphatic carbocycles. The molecule has 4 aromatic rings. The van der Waals surface area contributed by atoms with Crippen LogP contribution in [0.2, 0.25) is 5.02 Å². The van der Waals surface area contributed by atoms with Crippen molar-refractivity contribution in [1.82, 2.24) is 34.4 Å². The number of ether oxygens (including phenoxy) is 1. The Hall–Kier alpha value is -5.57. The number of hydrogen-bond acceptors (Lipinski definition) is 10. The Balaban J connectivity index is 0.000000329. The number of piperidine rings is 1. The standard InChI is InChI=1S/C25H22ClF2N5O3.C11H19N3O2.C2HF3O.CH4O/c1-14-19(11-30-33(14)8-9-36-3)17-6-7-18(23(28)22(17)27)21-12-29-24(32(21)2)25(35)31-16-5-4-15(13-34)20(26)10-16;1-13-4-6-14(7-5-13)11(16)9-2-3-12-10(15)8-9;3-2(4,5)1-6;1-2/h4-7,10-13H,8-9H2,1-3H3,(H,31,35);9H,2-8H2,1H3,(H,12,15);1H;2H,1H3. The number of aldehydes is 2. The van der Waals surface area contributed by atoms with Crippen molar-refractivity contribution >= 4 is 47.6 Å². The highest BCUT2D eigenvalue weighted by Gasteiger charge is 2.30. The minimum Gasteiger partial charge on any atom is -0.400 e. The van der Waals surface area contributed by atoms with E-state index in [1.54, 1.807) is 18.7 Å². The molecule has 0 bridgehead atoms. The lowest BCUT2D eigenvalue weighted by molar-refractivity contribution is -0.156. The van der Waals surface area contributed by atoms with Gasteiger partial charge in [-0.1, -0.05) is 17.7 Å². The molecule has 0 spiro atoms. The number of carbonyl (C=O) groups is 5. The summed E-state index contributed by atoms with van der Waals surface area (Å²) in [5.41, 5.74) is 2.03. The van der Waals surface area contributed by atoms with Gasteiger partial charge >= 0.3 is 6.18 Å². The summed E-state index contributed by atoms with van der Waals surface area (Å²) >= 11 is 6.01. The van der Waals surface area contributed by atoms with E-state index in [1.807, 2.05) is 4.90 Å². The fourth-order valence-electron chi connectivity index (χ4n) is 6.11. The first-order valence-electron chi connectivity index (χ1n) is 18.3. The molecule has 4 heterocycles. The van der Waals surface area contributed by atoms with E-state index in [1.165, 1.54) is 54.3 Å². The summed E-state index contributed by atoms with van der Waals surface area (Å²) in [6, 6.07) is 7.33. The summed E-state index contributed by atoms with van der Waals surface area (Å²) in [5, 5.41) is 16.8. The fraction of sp³-hybridized carbons (Fsp3) is 0.410. The van der Waals surface area contributed by atoms with Gasteiger partial charge in [0.15, 0.2) is 23.7 Å². The predicted molar refractivity (Wildman–Crippen MR) is 211 cm³/mol. The van der Waals surface area contributed by atoms with Gasteiger partial charge in [-0.25, -0.2) is 13.8 Å². The van der Waals surface area contributed by atoms with E-state index in [0.29, 0.717) is 49.3 Å². The average molecular weight is 869 g/mol. The van der Waals surface area contributed by atoms with E-state index in [0.717, 1.165) is 39.7 Å². The van der Waals surface area contributed by atoms with Crippen molar-refractivity contribution in [2.75, 3.05) is 65.9 Å². The number of nitrogens with one attached hydrogen (secondary N) is 2. The fourth-order valence-corrected chi connectivity index (χ4v) is 6.33. The molecule has 21 heteroatoms. The van der Waals surface area contributed by atoms with Gasteiger partial charge in [0.2, 0.25) is 18.1 Å². The number of aromatic nitrogens is 4. The Bertz CT molecular complexity index is 2120. The quantitative estimate of drug-likeness (QED) is 0.160. The normalized spacial score (nSPS) is 15.2. The van der Waals surface area contributed by atoms with Gasteiger partial charge < -0.3 is 34.8 Å². The second-order valence-corrected chi connectivity index (χ2v) is 13.7. The van der Waals surface area contributed by atoms with Crippen LogP contribution in [0, 0.1) is 24.5 Å². The number of halogens is 6. The maximum Gasteiger partial charge on any atom is 0.446 e. The van der Waals surface area contributed by atoms with Gasteiger partial charge in [-0.15, -0.1) is 0 Å². The number of anilines is 1. The van der Waals surface area contributed by atoms with Crippen molar-refractivity contribution in [3.8, 4) is 22.4 Å². The molecule has 2 aliphatic rings. The van der Waals surface area contributed by atoms with Crippen molar-refractivity contribution in [1.29, 1.82) is 0 Å². The van der Waals surface area contributed by atoms with E-state index >= 15 is 8.78 Å². The molecule has 0 saturated carbocycles. The Kier molecular flexibility index (Phi) is 18.5. The van der Waals surface area contributed by atoms with E-state index in [2.05, 4.69) is 32.7 Å². The second kappa shape index (κ2) is 22.7. The van der Waals surface area contributed by atoms with E-state index in [9.17, 15) is 32.3 Å². The van der Waals surface area contributed by atoms with Gasteiger partial charge in [0, 0.05) is 100.0 Å². The Morgan fingerprint density at radius 1 is 1.02 bits per heavy atom. The monoisotopic (exact) mass is 868 g/mol. The van der Waals surface area contributed by atoms with Crippen LogP contribution < -0.4 is 10.6 Å². The lowest BCUT2D eigenvalue weighted by Crippen LogP contribution is -2.50. The molecule has 2 saturated heterocycles. The van der Waals surface area contributed by atoms with Crippen LogP contribution in [0.1, 0.15) is 39.5 Å². The van der Waals surface area contributed by atoms with Crippen LogP contribution in [0.3, 0.4) is 0 Å². The molecule has 60 heavy (non-hydrogen) atoms. The number of alkyl halides is 3. The summed E-state index contributed by atoms with van der Waals surface area (Å²) in [7, 11) is 6.16. The van der Waals surface area contributed by atoms with Gasteiger partial charge in [-0.05, 0) is 44.7 Å². The highest BCUT2D eigenvalue weighted by Crippen LogP contribution is 2.33. The molecule has 15 nitrogen and oxygen atoms in total. The van der Waals surface area contributed by atoms with Crippen LogP contribution in [-0.2, 0) is 32.7 Å². The minimum absolute atomic E-state index is 0.0127. The third kappa shape index (κ3) is 13.0. The van der Waals surface area contributed by atoms with Crippen molar-refractivity contribution in [3.05, 3.63) is 76.5 Å². The summed E-state index contributed by atoms with van der Waals surface area (Å²) < 4.78 is 69.7. The molecule has 3 amide bonds. The zero-order valence-corrected chi connectivity index (χ0v) is 34.2. The lowest BCUT2D eigenvalue weighted by atomic mass is 9.96. The second-order valence-electron chi connectivity index (χ2n) is 13.3. The smallest absolute Gasteiger partial charge is 0.400 e. The third-order valence-corrected chi connectivity index (χ3v) is 9.71. The number of rotatable bonds is 9. The molecule has 1 atom stereocenters. The largest absolute Gasteiger partial charge is 0.446 e.